The first-order valence-electron chi connectivity index (χ1n) is 12.5. The number of carbonyl (C=O) groups excluding carboxylic acids is 2. The predicted molar refractivity (Wildman–Crippen MR) is 132 cm³/mol. The maximum Gasteiger partial charge on any atom is 0.270 e. The van der Waals surface area contributed by atoms with Gasteiger partial charge < -0.3 is 25.3 Å². The molecule has 11 heteroatoms. The average molecular weight is 514 g/mol. The van der Waals surface area contributed by atoms with E-state index in [4.69, 9.17) is 14.7 Å². The molecule has 1 aliphatic carbocycles. The lowest BCUT2D eigenvalue weighted by Gasteiger charge is -2.30. The van der Waals surface area contributed by atoms with E-state index in [0.717, 1.165) is 25.7 Å². The van der Waals surface area contributed by atoms with Gasteiger partial charge in [-0.05, 0) is 62.3 Å². The highest BCUT2D eigenvalue weighted by molar-refractivity contribution is 6.02. The summed E-state index contributed by atoms with van der Waals surface area (Å²) in [5.41, 5.74) is 2.10. The van der Waals surface area contributed by atoms with Crippen LogP contribution in [-0.2, 0) is 16.2 Å². The van der Waals surface area contributed by atoms with Crippen molar-refractivity contribution in [1.82, 2.24) is 20.6 Å². The van der Waals surface area contributed by atoms with E-state index < -0.39 is 5.82 Å². The number of hydrogen-bond acceptors (Lipinski definition) is 8. The van der Waals surface area contributed by atoms with Crippen molar-refractivity contribution in [3.05, 3.63) is 52.9 Å². The maximum absolute atomic E-state index is 13.6. The van der Waals surface area contributed by atoms with E-state index in [-0.39, 0.29) is 60.9 Å². The topological polar surface area (TPSA) is 135 Å². The van der Waals surface area contributed by atoms with E-state index in [9.17, 15) is 14.0 Å². The molecule has 10 nitrogen and oxygen atoms in total. The summed E-state index contributed by atoms with van der Waals surface area (Å²) in [6.07, 6.45) is 3.73. The second kappa shape index (κ2) is 12.1. The normalized spacial score (nSPS) is 21.1. The van der Waals surface area contributed by atoms with Crippen LogP contribution >= 0.6 is 0 Å². The van der Waals surface area contributed by atoms with Crippen molar-refractivity contribution in [3.63, 3.8) is 0 Å². The first-order chi connectivity index (χ1) is 17.9. The Morgan fingerprint density at radius 3 is 2.68 bits per heavy atom. The summed E-state index contributed by atoms with van der Waals surface area (Å²) in [4.78, 5) is 39.4. The van der Waals surface area contributed by atoms with Gasteiger partial charge in [0.25, 0.3) is 5.91 Å². The molecule has 2 aromatic rings. The fourth-order valence-corrected chi connectivity index (χ4v) is 4.80. The summed E-state index contributed by atoms with van der Waals surface area (Å²) < 4.78 is 18.6. The summed E-state index contributed by atoms with van der Waals surface area (Å²) in [7, 11) is 1.39. The molecule has 1 aromatic carbocycles. The van der Waals surface area contributed by atoms with Gasteiger partial charge in [0.2, 0.25) is 5.91 Å². The van der Waals surface area contributed by atoms with E-state index in [1.807, 2.05) is 0 Å². The summed E-state index contributed by atoms with van der Waals surface area (Å²) in [5, 5.41) is 18.7. The largest absolute Gasteiger partial charge is 0.494 e. The molecule has 1 aromatic heterocycles. The number of aromatic nitrogens is 2. The van der Waals surface area contributed by atoms with Crippen LogP contribution in [0.1, 0.15) is 59.7 Å². The van der Waals surface area contributed by atoms with Crippen LogP contribution in [-0.4, -0.2) is 59.0 Å². The van der Waals surface area contributed by atoms with E-state index in [1.165, 1.54) is 19.2 Å². The number of aliphatic hydroxyl groups is 1. The third-order valence-electron chi connectivity index (χ3n) is 6.81. The van der Waals surface area contributed by atoms with E-state index in [0.29, 0.717) is 29.2 Å². The van der Waals surface area contributed by atoms with Gasteiger partial charge in [0, 0.05) is 25.4 Å². The Balaban J connectivity index is 1.33. The van der Waals surface area contributed by atoms with Crippen molar-refractivity contribution in [3.8, 4) is 5.75 Å². The van der Waals surface area contributed by atoms with Crippen LogP contribution in [0.4, 0.5) is 4.39 Å². The van der Waals surface area contributed by atoms with Crippen molar-refractivity contribution >= 4 is 17.5 Å². The molecular formula is C26H32FN5O5. The smallest absolute Gasteiger partial charge is 0.270 e. The minimum atomic E-state index is -0.469. The van der Waals surface area contributed by atoms with Crippen LogP contribution in [0.25, 0.3) is 0 Å². The second-order valence-corrected chi connectivity index (χ2v) is 9.35. The zero-order valence-corrected chi connectivity index (χ0v) is 21.0. The van der Waals surface area contributed by atoms with Crippen LogP contribution in [0.2, 0.25) is 0 Å². The molecule has 0 saturated heterocycles. The van der Waals surface area contributed by atoms with Crippen molar-refractivity contribution in [2.75, 3.05) is 20.3 Å². The molecule has 1 atom stereocenters. The van der Waals surface area contributed by atoms with Gasteiger partial charge in [0.05, 0.1) is 19.4 Å². The van der Waals surface area contributed by atoms with Gasteiger partial charge in [-0.1, -0.05) is 11.2 Å². The number of carbonyl (C=O) groups is 2. The third kappa shape index (κ3) is 6.59. The number of amides is 2. The van der Waals surface area contributed by atoms with Crippen molar-refractivity contribution < 1.29 is 28.7 Å². The number of nitrogens with zero attached hydrogens (tertiary/aromatic N) is 3. The number of rotatable bonds is 9. The number of methoxy groups -OCH3 is 1. The van der Waals surface area contributed by atoms with Gasteiger partial charge in [-0.3, -0.25) is 9.59 Å². The first-order valence-corrected chi connectivity index (χ1v) is 12.5. The van der Waals surface area contributed by atoms with Gasteiger partial charge in [-0.15, -0.1) is 0 Å². The lowest BCUT2D eigenvalue weighted by molar-refractivity contribution is -0.126. The van der Waals surface area contributed by atoms with Gasteiger partial charge >= 0.3 is 0 Å². The Hall–Kier alpha value is -3.60. The van der Waals surface area contributed by atoms with Crippen LogP contribution in [0, 0.1) is 24.6 Å². The standard InChI is InChI=1S/C26H32FN5O5/c1-15-30-20(12-22(31-15)26(35)29-14-16-3-8-19(27)24(11-16)36-2)21-13-23(37-32-21)17-4-6-18(7-5-17)25(34)28-9-10-33/h3,8,11-12,17-18,23,33H,4-7,9-10,13-14H2,1-2H3,(H,28,34)(H,29,35). The molecule has 1 unspecified atom stereocenters. The fraction of sp³-hybridized carbons (Fsp3) is 0.500. The molecule has 0 radical (unpaired) electrons. The van der Waals surface area contributed by atoms with Crippen molar-refractivity contribution in [1.29, 1.82) is 0 Å². The molecule has 1 aliphatic heterocycles. The summed E-state index contributed by atoms with van der Waals surface area (Å²) in [6.45, 7) is 2.11. The van der Waals surface area contributed by atoms with Gasteiger partial charge in [0.1, 0.15) is 23.3 Å². The molecule has 2 amide bonds. The molecule has 0 bridgehead atoms. The summed E-state index contributed by atoms with van der Waals surface area (Å²) in [5.74, 6) is -0.0665. The third-order valence-corrected chi connectivity index (χ3v) is 6.81. The second-order valence-electron chi connectivity index (χ2n) is 9.35. The number of nitrogens with one attached hydrogen (secondary N) is 2. The molecular weight excluding hydrogens is 481 g/mol. The average Bonchev–Trinajstić information content (AvgIpc) is 3.41. The molecule has 1 fully saturated rings. The van der Waals surface area contributed by atoms with E-state index in [2.05, 4.69) is 25.8 Å². The van der Waals surface area contributed by atoms with Crippen LogP contribution < -0.4 is 15.4 Å². The lowest BCUT2D eigenvalue weighted by Crippen LogP contribution is -2.36. The highest BCUT2D eigenvalue weighted by atomic mass is 19.1. The summed E-state index contributed by atoms with van der Waals surface area (Å²) >= 11 is 0. The highest BCUT2D eigenvalue weighted by Gasteiger charge is 2.35. The predicted octanol–water partition coefficient (Wildman–Crippen LogP) is 2.27. The molecule has 4 rings (SSSR count). The SMILES string of the molecule is COc1cc(CNC(=O)c2cc(C3=NOC(C4CCC(C(=O)NCCO)CC4)C3)nc(C)n2)ccc1F. The summed E-state index contributed by atoms with van der Waals surface area (Å²) in [6, 6.07) is 6.00. The molecule has 0 spiro atoms. The molecule has 2 heterocycles. The minimum absolute atomic E-state index is 0.00221. The van der Waals surface area contributed by atoms with Gasteiger partial charge in [-0.2, -0.15) is 0 Å². The maximum atomic E-state index is 13.6. The molecule has 1 saturated carbocycles. The van der Waals surface area contributed by atoms with Crippen molar-refractivity contribution in [2.45, 2.75) is 51.7 Å². The number of aliphatic hydroxyl groups excluding tert-OH is 1. The molecule has 37 heavy (non-hydrogen) atoms. The fourth-order valence-electron chi connectivity index (χ4n) is 4.80. The van der Waals surface area contributed by atoms with Gasteiger partial charge in [0.15, 0.2) is 11.6 Å². The van der Waals surface area contributed by atoms with Crippen LogP contribution in [0.15, 0.2) is 29.4 Å². The number of hydrogen-bond donors (Lipinski definition) is 3. The quantitative estimate of drug-likeness (QED) is 0.468. The Labute approximate surface area is 214 Å². The first kappa shape index (κ1) is 26.5. The highest BCUT2D eigenvalue weighted by Crippen LogP contribution is 2.35. The van der Waals surface area contributed by atoms with Crippen molar-refractivity contribution in [2.24, 2.45) is 17.0 Å². The molecule has 198 valence electrons. The number of benzene rings is 1. The Morgan fingerprint density at radius 1 is 1.16 bits per heavy atom. The number of halogens is 1. The van der Waals surface area contributed by atoms with Crippen LogP contribution in [0.5, 0.6) is 5.75 Å². The number of aryl methyl sites for hydroxylation is 1. The molecule has 3 N–H and O–H groups in total. The zero-order chi connectivity index (χ0) is 26.4. The van der Waals surface area contributed by atoms with E-state index in [1.54, 1.807) is 19.1 Å². The monoisotopic (exact) mass is 513 g/mol. The number of oxime groups is 1. The molecule has 2 aliphatic rings. The Morgan fingerprint density at radius 2 is 1.95 bits per heavy atom. The van der Waals surface area contributed by atoms with Gasteiger partial charge in [-0.25, -0.2) is 14.4 Å². The zero-order valence-electron chi connectivity index (χ0n) is 21.0. The Bertz CT molecular complexity index is 1170. The van der Waals surface area contributed by atoms with Crippen LogP contribution in [0.3, 0.4) is 0 Å². The number of ether oxygens (including phenoxy) is 1. The Kier molecular flexibility index (Phi) is 8.65. The lowest BCUT2D eigenvalue weighted by atomic mass is 9.78. The minimum Gasteiger partial charge on any atom is -0.494 e. The van der Waals surface area contributed by atoms with E-state index >= 15 is 0 Å².